The summed E-state index contributed by atoms with van der Waals surface area (Å²) in [6.45, 7) is 1.14. The van der Waals surface area contributed by atoms with Crippen LogP contribution in [0.15, 0.2) is 24.3 Å². The van der Waals surface area contributed by atoms with Gasteiger partial charge in [0.25, 0.3) is 0 Å². The molecule has 7 heteroatoms. The molecule has 1 aromatic carbocycles. The first-order valence-electron chi connectivity index (χ1n) is 7.22. The third kappa shape index (κ3) is 3.28. The van der Waals surface area contributed by atoms with Gasteiger partial charge in [0.1, 0.15) is 0 Å². The van der Waals surface area contributed by atoms with E-state index < -0.39 is 10.0 Å². The molecule has 2 N–H and O–H groups in total. The van der Waals surface area contributed by atoms with Crippen LogP contribution in [-0.4, -0.2) is 31.9 Å². The summed E-state index contributed by atoms with van der Waals surface area (Å²) in [5.41, 5.74) is 7.21. The van der Waals surface area contributed by atoms with Crippen molar-refractivity contribution in [2.45, 2.75) is 24.6 Å². The predicted molar refractivity (Wildman–Crippen MR) is 86.8 cm³/mol. The number of hydrogen-bond acceptors (Lipinski definition) is 4. The summed E-state index contributed by atoms with van der Waals surface area (Å²) in [5.74, 6) is 0.683. The Morgan fingerprint density at radius 1 is 1.32 bits per heavy atom. The van der Waals surface area contributed by atoms with Gasteiger partial charge in [-0.1, -0.05) is 12.1 Å². The second kappa shape index (κ2) is 6.55. The fraction of sp³-hybridized carbons (Fsp3) is 0.533. The van der Waals surface area contributed by atoms with Crippen molar-refractivity contribution < 1.29 is 8.42 Å². The van der Waals surface area contributed by atoms with Crippen molar-refractivity contribution >= 4 is 22.4 Å². The number of fused-ring (bicyclic) bond motifs is 1. The van der Waals surface area contributed by atoms with E-state index in [1.54, 1.807) is 28.6 Å². The zero-order valence-electron chi connectivity index (χ0n) is 12.2. The van der Waals surface area contributed by atoms with Crippen LogP contribution in [0, 0.1) is 23.2 Å². The fourth-order valence-electron chi connectivity index (χ4n) is 3.53. The van der Waals surface area contributed by atoms with Gasteiger partial charge in [-0.05, 0) is 42.4 Å². The highest BCUT2D eigenvalue weighted by molar-refractivity contribution is 7.88. The van der Waals surface area contributed by atoms with Gasteiger partial charge in [-0.3, -0.25) is 0 Å². The Labute approximate surface area is 137 Å². The highest BCUT2D eigenvalue weighted by Gasteiger charge is 2.44. The van der Waals surface area contributed by atoms with Crippen molar-refractivity contribution in [3.8, 4) is 6.07 Å². The van der Waals surface area contributed by atoms with E-state index in [0.29, 0.717) is 36.1 Å². The maximum absolute atomic E-state index is 12.5. The molecule has 3 rings (SSSR count). The smallest absolute Gasteiger partial charge is 0.218 e. The summed E-state index contributed by atoms with van der Waals surface area (Å²) < 4.78 is 26.7. The second-order valence-corrected chi connectivity index (χ2v) is 8.02. The van der Waals surface area contributed by atoms with Crippen LogP contribution >= 0.6 is 12.4 Å². The lowest BCUT2D eigenvalue weighted by Gasteiger charge is -2.18. The third-order valence-electron chi connectivity index (χ3n) is 4.68. The quantitative estimate of drug-likeness (QED) is 0.902. The van der Waals surface area contributed by atoms with Crippen molar-refractivity contribution in [3.05, 3.63) is 35.4 Å². The van der Waals surface area contributed by atoms with Crippen molar-refractivity contribution in [1.29, 1.82) is 5.26 Å². The molecule has 3 atom stereocenters. The molecule has 1 heterocycles. The van der Waals surface area contributed by atoms with E-state index in [0.717, 1.165) is 12.8 Å². The van der Waals surface area contributed by atoms with Gasteiger partial charge in [-0.15, -0.1) is 12.4 Å². The molecule has 1 saturated heterocycles. The summed E-state index contributed by atoms with van der Waals surface area (Å²) in [6, 6.07) is 8.96. The molecule has 22 heavy (non-hydrogen) atoms. The molecule has 3 unspecified atom stereocenters. The number of benzene rings is 1. The zero-order valence-corrected chi connectivity index (χ0v) is 13.8. The number of nitriles is 1. The molecule has 0 amide bonds. The van der Waals surface area contributed by atoms with Crippen LogP contribution in [0.25, 0.3) is 0 Å². The van der Waals surface area contributed by atoms with Gasteiger partial charge in [0, 0.05) is 19.1 Å². The topological polar surface area (TPSA) is 87.2 Å². The van der Waals surface area contributed by atoms with E-state index in [2.05, 4.69) is 0 Å². The first-order valence-corrected chi connectivity index (χ1v) is 8.83. The van der Waals surface area contributed by atoms with Gasteiger partial charge in [0.05, 0.1) is 17.4 Å². The van der Waals surface area contributed by atoms with E-state index >= 15 is 0 Å². The van der Waals surface area contributed by atoms with Crippen LogP contribution in [0.5, 0.6) is 0 Å². The van der Waals surface area contributed by atoms with E-state index in [-0.39, 0.29) is 24.2 Å². The number of sulfonamides is 1. The van der Waals surface area contributed by atoms with Gasteiger partial charge in [-0.2, -0.15) is 5.26 Å². The maximum atomic E-state index is 12.5. The molecule has 1 aromatic rings. The summed E-state index contributed by atoms with van der Waals surface area (Å²) in [4.78, 5) is 0. The molecule has 2 fully saturated rings. The molecular formula is C15H20ClN3O2S. The highest BCUT2D eigenvalue weighted by atomic mass is 35.5. The van der Waals surface area contributed by atoms with Crippen LogP contribution in [-0.2, 0) is 15.8 Å². The van der Waals surface area contributed by atoms with Gasteiger partial charge < -0.3 is 5.73 Å². The monoisotopic (exact) mass is 341 g/mol. The molecule has 0 radical (unpaired) electrons. The van der Waals surface area contributed by atoms with Crippen molar-refractivity contribution in [2.24, 2.45) is 17.6 Å². The lowest BCUT2D eigenvalue weighted by atomic mass is 9.98. The lowest BCUT2D eigenvalue weighted by Crippen LogP contribution is -2.34. The van der Waals surface area contributed by atoms with E-state index in [1.165, 1.54) is 0 Å². The molecule has 2 aliphatic rings. The molecule has 0 bridgehead atoms. The normalized spacial score (nSPS) is 27.9. The number of halogens is 1. The Kier molecular flexibility index (Phi) is 5.13. The Morgan fingerprint density at radius 2 is 2.09 bits per heavy atom. The van der Waals surface area contributed by atoms with E-state index in [9.17, 15) is 8.42 Å². The molecule has 5 nitrogen and oxygen atoms in total. The predicted octanol–water partition coefficient (Wildman–Crippen LogP) is 1.48. The molecule has 120 valence electrons. The molecule has 0 spiro atoms. The molecule has 0 aromatic heterocycles. The van der Waals surface area contributed by atoms with Crippen LogP contribution < -0.4 is 5.73 Å². The molecular weight excluding hydrogens is 322 g/mol. The summed E-state index contributed by atoms with van der Waals surface area (Å²) in [7, 11) is -3.34. The molecule has 1 saturated carbocycles. The van der Waals surface area contributed by atoms with Gasteiger partial charge in [0.15, 0.2) is 0 Å². The standard InChI is InChI=1S/C15H19N3O2S.ClH/c16-7-11-2-1-3-12(6-11)10-21(19,20)18-8-13-4-5-15(17)14(13)9-18;/h1-3,6,13-15H,4-5,8-10,17H2;1H. The van der Waals surface area contributed by atoms with E-state index in [1.807, 2.05) is 6.07 Å². The Bertz CT molecular complexity index is 686. The minimum atomic E-state index is -3.34. The third-order valence-corrected chi connectivity index (χ3v) is 6.46. The zero-order chi connectivity index (χ0) is 15.0. The second-order valence-electron chi connectivity index (χ2n) is 6.05. The number of hydrogen-bond donors (Lipinski definition) is 1. The van der Waals surface area contributed by atoms with Crippen molar-refractivity contribution in [2.75, 3.05) is 13.1 Å². The lowest BCUT2D eigenvalue weighted by molar-refractivity contribution is 0.426. The first-order chi connectivity index (χ1) is 9.99. The van der Waals surface area contributed by atoms with Crippen LogP contribution in [0.3, 0.4) is 0 Å². The fourth-order valence-corrected chi connectivity index (χ4v) is 5.13. The number of nitrogens with two attached hydrogens (primary N) is 1. The maximum Gasteiger partial charge on any atom is 0.218 e. The van der Waals surface area contributed by atoms with Crippen LogP contribution in [0.1, 0.15) is 24.0 Å². The van der Waals surface area contributed by atoms with Crippen molar-refractivity contribution in [3.63, 3.8) is 0 Å². The van der Waals surface area contributed by atoms with Crippen LogP contribution in [0.2, 0.25) is 0 Å². The largest absolute Gasteiger partial charge is 0.327 e. The SMILES string of the molecule is Cl.N#Cc1cccc(CS(=O)(=O)N2CC3CCC(N)C3C2)c1. The first kappa shape index (κ1) is 17.2. The van der Waals surface area contributed by atoms with Gasteiger partial charge in [0.2, 0.25) is 10.0 Å². The number of rotatable bonds is 3. The minimum Gasteiger partial charge on any atom is -0.327 e. The Balaban J connectivity index is 0.00000176. The average Bonchev–Trinajstić information content (AvgIpc) is 3.02. The molecule has 1 aliphatic carbocycles. The number of nitrogens with zero attached hydrogens (tertiary/aromatic N) is 2. The van der Waals surface area contributed by atoms with Gasteiger partial charge >= 0.3 is 0 Å². The van der Waals surface area contributed by atoms with Crippen molar-refractivity contribution in [1.82, 2.24) is 4.31 Å². The minimum absolute atomic E-state index is 0. The highest BCUT2D eigenvalue weighted by Crippen LogP contribution is 2.38. The Hall–Kier alpha value is -1.13. The summed E-state index contributed by atoms with van der Waals surface area (Å²) in [5, 5.41) is 8.89. The summed E-state index contributed by atoms with van der Waals surface area (Å²) >= 11 is 0. The van der Waals surface area contributed by atoms with Gasteiger partial charge in [-0.25, -0.2) is 12.7 Å². The Morgan fingerprint density at radius 3 is 2.77 bits per heavy atom. The molecule has 1 aliphatic heterocycles. The average molecular weight is 342 g/mol. The summed E-state index contributed by atoms with van der Waals surface area (Å²) in [6.07, 6.45) is 2.04. The van der Waals surface area contributed by atoms with E-state index in [4.69, 9.17) is 11.0 Å². The van der Waals surface area contributed by atoms with Crippen LogP contribution in [0.4, 0.5) is 0 Å².